The van der Waals surface area contributed by atoms with Crippen molar-refractivity contribution in [3.05, 3.63) is 28.8 Å². The molecule has 1 unspecified atom stereocenters. The molecular formula is C15H20BrClO. The van der Waals surface area contributed by atoms with Gasteiger partial charge in [-0.1, -0.05) is 53.4 Å². The van der Waals surface area contributed by atoms with E-state index in [1.54, 1.807) is 7.11 Å². The van der Waals surface area contributed by atoms with Crippen LogP contribution in [0, 0.1) is 5.41 Å². The van der Waals surface area contributed by atoms with E-state index in [1.807, 2.05) is 12.1 Å². The summed E-state index contributed by atoms with van der Waals surface area (Å²) in [6, 6.07) is 6.12. The predicted molar refractivity (Wildman–Crippen MR) is 80.9 cm³/mol. The molecule has 1 aliphatic rings. The van der Waals surface area contributed by atoms with E-state index in [1.165, 1.54) is 37.7 Å². The van der Waals surface area contributed by atoms with E-state index in [0.717, 1.165) is 5.75 Å². The van der Waals surface area contributed by atoms with Crippen LogP contribution >= 0.6 is 27.5 Å². The van der Waals surface area contributed by atoms with E-state index in [0.29, 0.717) is 15.3 Å². The molecule has 1 fully saturated rings. The number of benzene rings is 1. The topological polar surface area (TPSA) is 9.23 Å². The molecule has 0 radical (unpaired) electrons. The lowest BCUT2D eigenvalue weighted by atomic mass is 9.77. The Morgan fingerprint density at radius 1 is 1.39 bits per heavy atom. The molecule has 2 rings (SSSR count). The molecule has 0 spiro atoms. The van der Waals surface area contributed by atoms with Crippen molar-refractivity contribution in [1.82, 2.24) is 0 Å². The molecule has 1 aromatic carbocycles. The fraction of sp³-hybridized carbons (Fsp3) is 0.600. The van der Waals surface area contributed by atoms with Crippen molar-refractivity contribution in [2.45, 2.75) is 43.9 Å². The summed E-state index contributed by atoms with van der Waals surface area (Å²) in [5.41, 5.74) is 1.67. The normalized spacial score (nSPS) is 19.8. The van der Waals surface area contributed by atoms with Crippen LogP contribution in [-0.4, -0.2) is 7.11 Å². The fourth-order valence-electron chi connectivity index (χ4n) is 3.06. The molecule has 0 bridgehead atoms. The Labute approximate surface area is 123 Å². The minimum atomic E-state index is 0.390. The van der Waals surface area contributed by atoms with E-state index < -0.39 is 0 Å². The van der Waals surface area contributed by atoms with Crippen LogP contribution in [0.5, 0.6) is 5.75 Å². The van der Waals surface area contributed by atoms with Gasteiger partial charge in [0.2, 0.25) is 0 Å². The van der Waals surface area contributed by atoms with Gasteiger partial charge >= 0.3 is 0 Å². The first-order chi connectivity index (χ1) is 8.63. The molecule has 1 atom stereocenters. The highest BCUT2D eigenvalue weighted by atomic mass is 79.9. The molecule has 1 aromatic rings. The summed E-state index contributed by atoms with van der Waals surface area (Å²) < 4.78 is 5.21. The number of hydrogen-bond donors (Lipinski definition) is 0. The van der Waals surface area contributed by atoms with Gasteiger partial charge in [0.05, 0.1) is 12.1 Å². The second kappa shape index (κ2) is 5.83. The third kappa shape index (κ3) is 2.55. The Morgan fingerprint density at radius 3 is 2.56 bits per heavy atom. The van der Waals surface area contributed by atoms with Crippen molar-refractivity contribution in [1.29, 1.82) is 0 Å². The standard InChI is InChI=1S/C15H20BrClO/c1-3-15(8-4-5-9-15)14(16)11-6-7-13(18-2)12(17)10-11/h6-7,10,14H,3-5,8-9H2,1-2H3. The molecule has 1 saturated carbocycles. The molecule has 0 aliphatic heterocycles. The molecule has 0 aromatic heterocycles. The first-order valence-corrected chi connectivity index (χ1v) is 7.90. The summed E-state index contributed by atoms with van der Waals surface area (Å²) in [6.07, 6.45) is 6.53. The largest absolute Gasteiger partial charge is 0.495 e. The number of halogens is 2. The maximum atomic E-state index is 6.22. The molecule has 0 amide bonds. The van der Waals surface area contributed by atoms with Crippen LogP contribution in [0.2, 0.25) is 5.02 Å². The molecule has 0 saturated heterocycles. The van der Waals surface area contributed by atoms with Crippen LogP contribution in [0.1, 0.15) is 49.4 Å². The van der Waals surface area contributed by atoms with E-state index in [4.69, 9.17) is 16.3 Å². The van der Waals surface area contributed by atoms with Crippen molar-refractivity contribution >= 4 is 27.5 Å². The van der Waals surface area contributed by atoms with Gasteiger partial charge in [0, 0.05) is 4.83 Å². The number of alkyl halides is 1. The van der Waals surface area contributed by atoms with Crippen molar-refractivity contribution in [3.8, 4) is 5.75 Å². The maximum absolute atomic E-state index is 6.22. The number of methoxy groups -OCH3 is 1. The molecule has 0 heterocycles. The van der Waals surface area contributed by atoms with Gasteiger partial charge in [0.1, 0.15) is 5.75 Å². The summed E-state index contributed by atoms with van der Waals surface area (Å²) in [4.78, 5) is 0.390. The van der Waals surface area contributed by atoms with Gasteiger partial charge in [0.25, 0.3) is 0 Å². The SMILES string of the molecule is CCC1(C(Br)c2ccc(OC)c(Cl)c2)CCCC1. The zero-order valence-electron chi connectivity index (χ0n) is 11.0. The molecule has 1 aliphatic carbocycles. The zero-order chi connectivity index (χ0) is 13.2. The van der Waals surface area contributed by atoms with Crippen LogP contribution in [0.25, 0.3) is 0 Å². The molecule has 0 N–H and O–H groups in total. The number of hydrogen-bond acceptors (Lipinski definition) is 1. The number of rotatable bonds is 4. The third-order valence-corrected chi connectivity index (χ3v) is 6.10. The van der Waals surface area contributed by atoms with Crippen molar-refractivity contribution in [3.63, 3.8) is 0 Å². The highest BCUT2D eigenvalue weighted by Crippen LogP contribution is 2.54. The average molecular weight is 332 g/mol. The number of ether oxygens (including phenoxy) is 1. The Bertz CT molecular complexity index is 413. The fourth-order valence-corrected chi connectivity index (χ4v) is 4.39. The van der Waals surface area contributed by atoms with Crippen LogP contribution in [-0.2, 0) is 0 Å². The van der Waals surface area contributed by atoms with Crippen molar-refractivity contribution in [2.24, 2.45) is 5.41 Å². The van der Waals surface area contributed by atoms with Gasteiger partial charge < -0.3 is 4.74 Å². The lowest BCUT2D eigenvalue weighted by Gasteiger charge is -2.33. The Hall–Kier alpha value is -0.210. The lowest BCUT2D eigenvalue weighted by Crippen LogP contribution is -2.21. The van der Waals surface area contributed by atoms with Gasteiger partial charge in [-0.25, -0.2) is 0 Å². The van der Waals surface area contributed by atoms with E-state index in [-0.39, 0.29) is 0 Å². The lowest BCUT2D eigenvalue weighted by molar-refractivity contribution is 0.279. The van der Waals surface area contributed by atoms with Gasteiger partial charge in [-0.05, 0) is 42.4 Å². The van der Waals surface area contributed by atoms with E-state index >= 15 is 0 Å². The maximum Gasteiger partial charge on any atom is 0.137 e. The van der Waals surface area contributed by atoms with Gasteiger partial charge in [0.15, 0.2) is 0 Å². The smallest absolute Gasteiger partial charge is 0.137 e. The molecule has 3 heteroatoms. The molecule has 100 valence electrons. The third-order valence-electron chi connectivity index (χ3n) is 4.31. The van der Waals surface area contributed by atoms with Crippen molar-refractivity contribution in [2.75, 3.05) is 7.11 Å². The highest BCUT2D eigenvalue weighted by molar-refractivity contribution is 9.09. The predicted octanol–water partition coefficient (Wildman–Crippen LogP) is 5.76. The second-order valence-electron chi connectivity index (χ2n) is 5.18. The van der Waals surface area contributed by atoms with Gasteiger partial charge in [-0.3, -0.25) is 0 Å². The molecule has 1 nitrogen and oxygen atoms in total. The zero-order valence-corrected chi connectivity index (χ0v) is 13.4. The monoisotopic (exact) mass is 330 g/mol. The summed E-state index contributed by atoms with van der Waals surface area (Å²) in [7, 11) is 1.65. The van der Waals surface area contributed by atoms with E-state index in [9.17, 15) is 0 Å². The summed E-state index contributed by atoms with van der Waals surface area (Å²) in [6.45, 7) is 2.30. The molecule has 18 heavy (non-hydrogen) atoms. The first-order valence-electron chi connectivity index (χ1n) is 6.60. The van der Waals surface area contributed by atoms with Crippen LogP contribution in [0.15, 0.2) is 18.2 Å². The summed E-state index contributed by atoms with van der Waals surface area (Å²) in [5.74, 6) is 0.747. The Balaban J connectivity index is 2.27. The molecular weight excluding hydrogens is 312 g/mol. The van der Waals surface area contributed by atoms with Crippen LogP contribution in [0.4, 0.5) is 0 Å². The van der Waals surface area contributed by atoms with Gasteiger partial charge in [-0.15, -0.1) is 0 Å². The van der Waals surface area contributed by atoms with E-state index in [2.05, 4.69) is 28.9 Å². The highest BCUT2D eigenvalue weighted by Gasteiger charge is 2.39. The minimum absolute atomic E-state index is 0.390. The van der Waals surface area contributed by atoms with Crippen molar-refractivity contribution < 1.29 is 4.74 Å². The van der Waals surface area contributed by atoms with Crippen LogP contribution < -0.4 is 4.74 Å². The first kappa shape index (κ1) is 14.2. The average Bonchev–Trinajstić information content (AvgIpc) is 2.87. The quantitative estimate of drug-likeness (QED) is 0.638. The van der Waals surface area contributed by atoms with Gasteiger partial charge in [-0.2, -0.15) is 0 Å². The Morgan fingerprint density at radius 2 is 2.06 bits per heavy atom. The summed E-state index contributed by atoms with van der Waals surface area (Å²) in [5, 5.41) is 0.698. The minimum Gasteiger partial charge on any atom is -0.495 e. The second-order valence-corrected chi connectivity index (χ2v) is 6.50. The van der Waals surface area contributed by atoms with Crippen LogP contribution in [0.3, 0.4) is 0 Å². The Kier molecular flexibility index (Phi) is 4.60. The summed E-state index contributed by atoms with van der Waals surface area (Å²) >= 11 is 10.1.